The minimum Gasteiger partial charge on any atom is -0.385 e. The summed E-state index contributed by atoms with van der Waals surface area (Å²) in [6.07, 6.45) is -1.74. The Morgan fingerprint density at radius 2 is 1.78 bits per heavy atom. The Balaban J connectivity index is 2.51. The van der Waals surface area contributed by atoms with Crippen LogP contribution in [0.3, 0.4) is 0 Å². The van der Waals surface area contributed by atoms with Gasteiger partial charge in [0.05, 0.1) is 5.56 Å². The first-order chi connectivity index (χ1) is 8.45. The van der Waals surface area contributed by atoms with Gasteiger partial charge in [0.2, 0.25) is 0 Å². The van der Waals surface area contributed by atoms with Crippen molar-refractivity contribution in [3.63, 3.8) is 0 Å². The summed E-state index contributed by atoms with van der Waals surface area (Å²) in [4.78, 5) is 0. The topological polar surface area (TPSA) is 35.2 Å². The van der Waals surface area contributed by atoms with Crippen LogP contribution in [0.2, 0.25) is 0 Å². The fraction of sp³-hybridized carbons (Fsp3) is 0.538. The second-order valence-electron chi connectivity index (χ2n) is 4.21. The van der Waals surface area contributed by atoms with Crippen LogP contribution in [0.25, 0.3) is 0 Å². The average Bonchev–Trinajstić information content (AvgIpc) is 2.33. The Morgan fingerprint density at radius 1 is 1.17 bits per heavy atom. The molecule has 0 spiro atoms. The highest BCUT2D eigenvalue weighted by atomic mass is 19.4. The van der Waals surface area contributed by atoms with Crippen LogP contribution in [0.15, 0.2) is 24.3 Å². The van der Waals surface area contributed by atoms with E-state index in [0.29, 0.717) is 6.61 Å². The highest BCUT2D eigenvalue weighted by Gasteiger charge is 2.30. The van der Waals surface area contributed by atoms with Crippen molar-refractivity contribution in [2.75, 3.05) is 13.7 Å². The van der Waals surface area contributed by atoms with Gasteiger partial charge in [-0.3, -0.25) is 0 Å². The van der Waals surface area contributed by atoms with Crippen LogP contribution in [0.4, 0.5) is 13.2 Å². The van der Waals surface area contributed by atoms with Gasteiger partial charge in [-0.25, -0.2) is 0 Å². The largest absolute Gasteiger partial charge is 0.416 e. The second kappa shape index (κ2) is 6.75. The summed E-state index contributed by atoms with van der Waals surface area (Å²) < 4.78 is 42.0. The van der Waals surface area contributed by atoms with E-state index in [1.165, 1.54) is 12.1 Å². The Labute approximate surface area is 105 Å². The van der Waals surface area contributed by atoms with Gasteiger partial charge in [0.1, 0.15) is 0 Å². The van der Waals surface area contributed by atoms with Crippen molar-refractivity contribution in [1.82, 2.24) is 0 Å². The predicted molar refractivity (Wildman–Crippen MR) is 64.1 cm³/mol. The Kier molecular flexibility index (Phi) is 5.62. The number of benzene rings is 1. The van der Waals surface area contributed by atoms with E-state index in [-0.39, 0.29) is 6.04 Å². The zero-order valence-electron chi connectivity index (χ0n) is 10.3. The number of unbranched alkanes of at least 4 members (excludes halogenated alkanes) is 1. The maximum absolute atomic E-state index is 12.4. The zero-order chi connectivity index (χ0) is 13.6. The van der Waals surface area contributed by atoms with Crippen LogP contribution in [0.1, 0.15) is 36.4 Å². The van der Waals surface area contributed by atoms with E-state index < -0.39 is 11.7 Å². The molecule has 0 aromatic heterocycles. The van der Waals surface area contributed by atoms with Crippen LogP contribution in [-0.4, -0.2) is 13.7 Å². The summed E-state index contributed by atoms with van der Waals surface area (Å²) in [7, 11) is 1.63. The van der Waals surface area contributed by atoms with E-state index in [0.717, 1.165) is 37.0 Å². The van der Waals surface area contributed by atoms with Crippen molar-refractivity contribution in [1.29, 1.82) is 0 Å². The Morgan fingerprint density at radius 3 is 2.28 bits per heavy atom. The molecule has 1 atom stereocenters. The summed E-state index contributed by atoms with van der Waals surface area (Å²) >= 11 is 0. The van der Waals surface area contributed by atoms with Crippen molar-refractivity contribution in [3.05, 3.63) is 35.4 Å². The molecule has 1 rings (SSSR count). The molecule has 0 saturated carbocycles. The molecule has 0 saturated heterocycles. The van der Waals surface area contributed by atoms with E-state index in [4.69, 9.17) is 10.5 Å². The number of hydrogen-bond acceptors (Lipinski definition) is 2. The van der Waals surface area contributed by atoms with Crippen molar-refractivity contribution in [2.45, 2.75) is 31.5 Å². The minimum absolute atomic E-state index is 0.218. The molecule has 102 valence electrons. The third kappa shape index (κ3) is 4.66. The van der Waals surface area contributed by atoms with Crippen molar-refractivity contribution < 1.29 is 17.9 Å². The van der Waals surface area contributed by atoms with Gasteiger partial charge >= 0.3 is 6.18 Å². The number of rotatable bonds is 6. The molecule has 5 heteroatoms. The molecule has 18 heavy (non-hydrogen) atoms. The lowest BCUT2D eigenvalue weighted by Gasteiger charge is -2.13. The molecule has 1 aromatic carbocycles. The standard InChI is InChI=1S/C13H18F3NO/c1-18-9-3-2-4-12(17)10-5-7-11(8-6-10)13(14,15)16/h5-8,12H,2-4,9,17H2,1H3. The molecule has 0 aliphatic carbocycles. The monoisotopic (exact) mass is 261 g/mol. The lowest BCUT2D eigenvalue weighted by molar-refractivity contribution is -0.137. The van der Waals surface area contributed by atoms with E-state index >= 15 is 0 Å². The zero-order valence-corrected chi connectivity index (χ0v) is 10.3. The van der Waals surface area contributed by atoms with Gasteiger partial charge in [0.15, 0.2) is 0 Å². The number of alkyl halides is 3. The first kappa shape index (κ1) is 15.0. The van der Waals surface area contributed by atoms with Crippen molar-refractivity contribution >= 4 is 0 Å². The SMILES string of the molecule is COCCCCC(N)c1ccc(C(F)(F)F)cc1. The summed E-state index contributed by atoms with van der Waals surface area (Å²) in [6, 6.07) is 4.83. The minimum atomic E-state index is -4.29. The number of methoxy groups -OCH3 is 1. The average molecular weight is 261 g/mol. The molecule has 2 nitrogen and oxygen atoms in total. The summed E-state index contributed by atoms with van der Waals surface area (Å²) in [5.74, 6) is 0. The number of ether oxygens (including phenoxy) is 1. The van der Waals surface area contributed by atoms with Gasteiger partial charge in [-0.15, -0.1) is 0 Å². The summed E-state index contributed by atoms with van der Waals surface area (Å²) in [6.45, 7) is 0.680. The molecule has 0 amide bonds. The van der Waals surface area contributed by atoms with Crippen molar-refractivity contribution in [2.24, 2.45) is 5.73 Å². The Bertz CT molecular complexity index is 348. The molecule has 0 fully saturated rings. The second-order valence-corrected chi connectivity index (χ2v) is 4.21. The van der Waals surface area contributed by atoms with E-state index in [1.807, 2.05) is 0 Å². The predicted octanol–water partition coefficient (Wildman–Crippen LogP) is 3.52. The van der Waals surface area contributed by atoms with E-state index in [2.05, 4.69) is 0 Å². The molecule has 2 N–H and O–H groups in total. The van der Waals surface area contributed by atoms with E-state index in [1.54, 1.807) is 7.11 Å². The number of halogens is 3. The highest BCUT2D eigenvalue weighted by Crippen LogP contribution is 2.30. The first-order valence-electron chi connectivity index (χ1n) is 5.87. The van der Waals surface area contributed by atoms with Crippen LogP contribution in [0, 0.1) is 0 Å². The summed E-state index contributed by atoms with van der Waals surface area (Å²) in [5, 5.41) is 0. The maximum Gasteiger partial charge on any atom is 0.416 e. The third-order valence-electron chi connectivity index (χ3n) is 2.78. The fourth-order valence-corrected chi connectivity index (χ4v) is 1.70. The first-order valence-corrected chi connectivity index (χ1v) is 5.87. The molecular weight excluding hydrogens is 243 g/mol. The van der Waals surface area contributed by atoms with Crippen LogP contribution in [0.5, 0.6) is 0 Å². The maximum atomic E-state index is 12.4. The normalized spacial score (nSPS) is 13.6. The summed E-state index contributed by atoms with van der Waals surface area (Å²) in [5.41, 5.74) is 6.01. The van der Waals surface area contributed by atoms with Gasteiger partial charge in [-0.2, -0.15) is 13.2 Å². The Hall–Kier alpha value is -1.07. The third-order valence-corrected chi connectivity index (χ3v) is 2.78. The van der Waals surface area contributed by atoms with Gasteiger partial charge in [0, 0.05) is 19.8 Å². The number of hydrogen-bond donors (Lipinski definition) is 1. The van der Waals surface area contributed by atoms with Gasteiger partial charge in [0.25, 0.3) is 0 Å². The molecule has 0 radical (unpaired) electrons. The highest BCUT2D eigenvalue weighted by molar-refractivity contribution is 5.26. The van der Waals surface area contributed by atoms with Crippen LogP contribution < -0.4 is 5.73 Å². The molecule has 0 heterocycles. The molecule has 1 aromatic rings. The molecular formula is C13H18F3NO. The smallest absolute Gasteiger partial charge is 0.385 e. The number of nitrogens with two attached hydrogens (primary N) is 1. The lowest BCUT2D eigenvalue weighted by Crippen LogP contribution is -2.11. The molecule has 0 bridgehead atoms. The lowest BCUT2D eigenvalue weighted by atomic mass is 10.0. The van der Waals surface area contributed by atoms with Gasteiger partial charge in [-0.05, 0) is 37.0 Å². The molecule has 0 aliphatic rings. The van der Waals surface area contributed by atoms with Gasteiger partial charge < -0.3 is 10.5 Å². The molecule has 0 aliphatic heterocycles. The fourth-order valence-electron chi connectivity index (χ4n) is 1.70. The van der Waals surface area contributed by atoms with Crippen LogP contribution in [-0.2, 0) is 10.9 Å². The van der Waals surface area contributed by atoms with Gasteiger partial charge in [-0.1, -0.05) is 12.1 Å². The quantitative estimate of drug-likeness (QED) is 0.795. The van der Waals surface area contributed by atoms with Crippen LogP contribution >= 0.6 is 0 Å². The molecule has 1 unspecified atom stereocenters. The van der Waals surface area contributed by atoms with Crippen molar-refractivity contribution in [3.8, 4) is 0 Å². The van der Waals surface area contributed by atoms with E-state index in [9.17, 15) is 13.2 Å².